The van der Waals surface area contributed by atoms with Gasteiger partial charge in [-0.2, -0.15) is 5.10 Å². The molecule has 0 aliphatic heterocycles. The minimum Gasteiger partial charge on any atom is -0.387 e. The second-order valence-corrected chi connectivity index (χ2v) is 6.70. The highest BCUT2D eigenvalue weighted by Crippen LogP contribution is 2.30. The minimum absolute atomic E-state index is 0.487. The van der Waals surface area contributed by atoms with Gasteiger partial charge < -0.3 is 5.11 Å². The molecule has 1 unspecified atom stereocenters. The summed E-state index contributed by atoms with van der Waals surface area (Å²) in [7, 11) is 0. The lowest BCUT2D eigenvalue weighted by Gasteiger charge is -2.10. The summed E-state index contributed by atoms with van der Waals surface area (Å²) in [4.78, 5) is 0.968. The Labute approximate surface area is 127 Å². The number of rotatable bonds is 4. The number of thiophene rings is 1. The van der Waals surface area contributed by atoms with E-state index in [2.05, 4.69) is 43.9 Å². The zero-order valence-electron chi connectivity index (χ0n) is 10.2. The van der Waals surface area contributed by atoms with Crippen LogP contribution in [0.3, 0.4) is 0 Å². The molecule has 0 spiro atoms. The molecule has 0 radical (unpaired) electrons. The SMILES string of the molecule is CCn1nc(C)c(Br)c1CC(O)c1cc(Br)cs1. The molecule has 0 aromatic carbocycles. The van der Waals surface area contributed by atoms with Crippen molar-refractivity contribution >= 4 is 43.2 Å². The Hall–Kier alpha value is -0.170. The van der Waals surface area contributed by atoms with Crippen molar-refractivity contribution in [3.63, 3.8) is 0 Å². The Bertz CT molecular complexity index is 550. The van der Waals surface area contributed by atoms with Crippen LogP contribution >= 0.6 is 43.2 Å². The maximum Gasteiger partial charge on any atom is 0.0937 e. The number of nitrogens with zero attached hydrogens (tertiary/aromatic N) is 2. The van der Waals surface area contributed by atoms with Crippen LogP contribution in [-0.4, -0.2) is 14.9 Å². The lowest BCUT2D eigenvalue weighted by atomic mass is 10.1. The van der Waals surface area contributed by atoms with Gasteiger partial charge in [0, 0.05) is 27.7 Å². The molecule has 0 fully saturated rings. The van der Waals surface area contributed by atoms with Crippen LogP contribution in [0.5, 0.6) is 0 Å². The summed E-state index contributed by atoms with van der Waals surface area (Å²) < 4.78 is 3.95. The van der Waals surface area contributed by atoms with E-state index in [-0.39, 0.29) is 0 Å². The molecule has 0 amide bonds. The zero-order chi connectivity index (χ0) is 13.3. The van der Waals surface area contributed by atoms with E-state index < -0.39 is 6.10 Å². The molecule has 6 heteroatoms. The van der Waals surface area contributed by atoms with Crippen molar-refractivity contribution in [1.29, 1.82) is 0 Å². The number of aliphatic hydroxyl groups excluding tert-OH is 1. The molecule has 0 aliphatic carbocycles. The Morgan fingerprint density at radius 1 is 1.50 bits per heavy atom. The predicted molar refractivity (Wildman–Crippen MR) is 81.0 cm³/mol. The van der Waals surface area contributed by atoms with E-state index in [9.17, 15) is 5.11 Å². The van der Waals surface area contributed by atoms with Crippen LogP contribution in [0.4, 0.5) is 0 Å². The highest BCUT2D eigenvalue weighted by molar-refractivity contribution is 9.10. The molecule has 0 bridgehead atoms. The van der Waals surface area contributed by atoms with Crippen LogP contribution in [0.1, 0.15) is 29.3 Å². The fraction of sp³-hybridized carbons (Fsp3) is 0.417. The highest BCUT2D eigenvalue weighted by atomic mass is 79.9. The smallest absolute Gasteiger partial charge is 0.0937 e. The third-order valence-corrected chi connectivity index (χ3v) is 5.58. The fourth-order valence-electron chi connectivity index (χ4n) is 1.85. The first kappa shape index (κ1) is 14.2. The van der Waals surface area contributed by atoms with Crippen molar-refractivity contribution in [2.45, 2.75) is 32.9 Å². The molecule has 1 N–H and O–H groups in total. The molecule has 0 saturated heterocycles. The van der Waals surface area contributed by atoms with Gasteiger partial charge in [0.2, 0.25) is 0 Å². The van der Waals surface area contributed by atoms with Crippen molar-refractivity contribution in [3.05, 3.63) is 36.7 Å². The van der Waals surface area contributed by atoms with E-state index in [1.165, 1.54) is 0 Å². The molecular weight excluding hydrogens is 380 g/mol. The van der Waals surface area contributed by atoms with Gasteiger partial charge in [-0.25, -0.2) is 0 Å². The topological polar surface area (TPSA) is 38.0 Å². The maximum absolute atomic E-state index is 10.3. The first-order valence-corrected chi connectivity index (χ1v) is 8.13. The Morgan fingerprint density at radius 3 is 2.78 bits per heavy atom. The predicted octanol–water partition coefficient (Wildman–Crippen LogP) is 4.07. The number of hydrogen-bond acceptors (Lipinski definition) is 3. The lowest BCUT2D eigenvalue weighted by Crippen LogP contribution is -2.08. The summed E-state index contributed by atoms with van der Waals surface area (Å²) in [5.74, 6) is 0. The van der Waals surface area contributed by atoms with E-state index in [0.29, 0.717) is 6.42 Å². The van der Waals surface area contributed by atoms with Crippen LogP contribution < -0.4 is 0 Å². The summed E-state index contributed by atoms with van der Waals surface area (Å²) in [6.07, 6.45) is 0.0846. The second kappa shape index (κ2) is 5.86. The largest absolute Gasteiger partial charge is 0.387 e. The third kappa shape index (κ3) is 2.87. The standard InChI is InChI=1S/C12H14Br2N2OS/c1-3-16-9(12(14)7(2)15-16)5-10(17)11-4-8(13)6-18-11/h4,6,10,17H,3,5H2,1-2H3. The van der Waals surface area contributed by atoms with E-state index >= 15 is 0 Å². The molecule has 2 aromatic heterocycles. The maximum atomic E-state index is 10.3. The molecule has 2 rings (SSSR count). The molecule has 0 aliphatic rings. The summed E-state index contributed by atoms with van der Waals surface area (Å²) in [6.45, 7) is 4.83. The van der Waals surface area contributed by atoms with Crippen LogP contribution in [0.2, 0.25) is 0 Å². The third-order valence-electron chi connectivity index (χ3n) is 2.76. The van der Waals surface area contributed by atoms with Gasteiger partial charge >= 0.3 is 0 Å². The van der Waals surface area contributed by atoms with Crippen LogP contribution in [0.15, 0.2) is 20.4 Å². The van der Waals surface area contributed by atoms with Gasteiger partial charge in [-0.05, 0) is 51.8 Å². The highest BCUT2D eigenvalue weighted by Gasteiger charge is 2.18. The number of aliphatic hydroxyl groups is 1. The first-order valence-electron chi connectivity index (χ1n) is 5.66. The molecule has 1 atom stereocenters. The van der Waals surface area contributed by atoms with Gasteiger partial charge in [-0.15, -0.1) is 11.3 Å². The van der Waals surface area contributed by atoms with Crippen molar-refractivity contribution in [2.75, 3.05) is 0 Å². The quantitative estimate of drug-likeness (QED) is 0.849. The average Bonchev–Trinajstić information content (AvgIpc) is 2.88. The van der Waals surface area contributed by atoms with E-state index in [1.807, 2.05) is 23.1 Å². The summed E-state index contributed by atoms with van der Waals surface area (Å²) in [6, 6.07) is 1.96. The minimum atomic E-state index is -0.487. The van der Waals surface area contributed by atoms with E-state index in [4.69, 9.17) is 0 Å². The Kier molecular flexibility index (Phi) is 4.64. The van der Waals surface area contributed by atoms with Crippen molar-refractivity contribution in [2.24, 2.45) is 0 Å². The summed E-state index contributed by atoms with van der Waals surface area (Å²) in [5.41, 5.74) is 2.01. The van der Waals surface area contributed by atoms with E-state index in [0.717, 1.165) is 31.8 Å². The Balaban J connectivity index is 2.23. The number of aromatic nitrogens is 2. The molecule has 18 heavy (non-hydrogen) atoms. The van der Waals surface area contributed by atoms with Gasteiger partial charge in [-0.1, -0.05) is 0 Å². The molecule has 3 nitrogen and oxygen atoms in total. The summed E-state index contributed by atoms with van der Waals surface area (Å²) in [5, 5.41) is 16.7. The van der Waals surface area contributed by atoms with Gasteiger partial charge in [0.1, 0.15) is 0 Å². The average molecular weight is 394 g/mol. The normalized spacial score (nSPS) is 12.9. The summed E-state index contributed by atoms with van der Waals surface area (Å²) >= 11 is 8.51. The van der Waals surface area contributed by atoms with Gasteiger partial charge in [0.15, 0.2) is 0 Å². The Morgan fingerprint density at radius 2 is 2.22 bits per heavy atom. The second-order valence-electron chi connectivity index (χ2n) is 4.05. The lowest BCUT2D eigenvalue weighted by molar-refractivity contribution is 0.179. The molecule has 2 heterocycles. The van der Waals surface area contributed by atoms with Crippen molar-refractivity contribution in [1.82, 2.24) is 9.78 Å². The van der Waals surface area contributed by atoms with Crippen molar-refractivity contribution < 1.29 is 5.11 Å². The van der Waals surface area contributed by atoms with Gasteiger partial charge in [-0.3, -0.25) is 4.68 Å². The molecule has 2 aromatic rings. The molecule has 0 saturated carbocycles. The van der Waals surface area contributed by atoms with Crippen molar-refractivity contribution in [3.8, 4) is 0 Å². The van der Waals surface area contributed by atoms with Crippen LogP contribution in [0, 0.1) is 6.92 Å². The van der Waals surface area contributed by atoms with Gasteiger partial charge in [0.05, 0.1) is 22.0 Å². The number of halogens is 2. The monoisotopic (exact) mass is 392 g/mol. The van der Waals surface area contributed by atoms with Crippen LogP contribution in [0.25, 0.3) is 0 Å². The van der Waals surface area contributed by atoms with Crippen LogP contribution in [-0.2, 0) is 13.0 Å². The molecule has 98 valence electrons. The number of aryl methyl sites for hydroxylation is 2. The fourth-order valence-corrected chi connectivity index (χ4v) is 3.73. The number of hydrogen-bond donors (Lipinski definition) is 1. The van der Waals surface area contributed by atoms with E-state index in [1.54, 1.807) is 11.3 Å². The van der Waals surface area contributed by atoms with Gasteiger partial charge in [0.25, 0.3) is 0 Å². The molecular formula is C12H14Br2N2OS. The zero-order valence-corrected chi connectivity index (χ0v) is 14.1. The first-order chi connectivity index (χ1) is 8.52.